The number of pyridine rings is 1. The fraction of sp³-hybridized carbons (Fsp3) is 0.133. The Morgan fingerprint density at radius 1 is 1.29 bits per heavy atom. The smallest absolute Gasteiger partial charge is 0.182 e. The first-order chi connectivity index (χ1) is 10.2. The molecule has 106 valence electrons. The summed E-state index contributed by atoms with van der Waals surface area (Å²) in [5.74, 6) is 2.04. The molecule has 0 aliphatic rings. The molecule has 0 radical (unpaired) electrons. The Hall–Kier alpha value is -2.40. The van der Waals surface area contributed by atoms with Crippen molar-refractivity contribution in [2.45, 2.75) is 13.5 Å². The van der Waals surface area contributed by atoms with E-state index in [9.17, 15) is 0 Å². The van der Waals surface area contributed by atoms with E-state index in [2.05, 4.69) is 20.2 Å². The Kier molecular flexibility index (Phi) is 3.83. The Labute approximate surface area is 127 Å². The molecule has 5 nitrogen and oxygen atoms in total. The van der Waals surface area contributed by atoms with Gasteiger partial charge in [0, 0.05) is 23.0 Å². The van der Waals surface area contributed by atoms with E-state index in [1.807, 2.05) is 31.2 Å². The molecule has 0 saturated carbocycles. The number of nitrogens with one attached hydrogen (secondary N) is 1. The van der Waals surface area contributed by atoms with Gasteiger partial charge in [0.2, 0.25) is 0 Å². The van der Waals surface area contributed by atoms with Crippen molar-refractivity contribution in [1.29, 1.82) is 0 Å². The summed E-state index contributed by atoms with van der Waals surface area (Å²) in [5, 5.41) is 7.72. The zero-order valence-corrected chi connectivity index (χ0v) is 12.1. The quantitative estimate of drug-likeness (QED) is 0.802. The number of hydrogen-bond donors (Lipinski definition) is 1. The summed E-state index contributed by atoms with van der Waals surface area (Å²) in [4.78, 5) is 8.43. The van der Waals surface area contributed by atoms with Crippen LogP contribution in [0.2, 0.25) is 5.02 Å². The van der Waals surface area contributed by atoms with E-state index in [-0.39, 0.29) is 0 Å². The first-order valence-corrected chi connectivity index (χ1v) is 6.81. The number of aryl methyl sites for hydroxylation is 1. The van der Waals surface area contributed by atoms with E-state index in [0.717, 1.165) is 16.9 Å². The molecule has 0 aliphatic heterocycles. The predicted octanol–water partition coefficient (Wildman–Crippen LogP) is 3.41. The van der Waals surface area contributed by atoms with Gasteiger partial charge in [-0.3, -0.25) is 10.1 Å². The van der Waals surface area contributed by atoms with Gasteiger partial charge in [-0.25, -0.2) is 4.98 Å². The van der Waals surface area contributed by atoms with E-state index in [0.29, 0.717) is 23.3 Å². The van der Waals surface area contributed by atoms with Gasteiger partial charge in [-0.2, -0.15) is 5.10 Å². The molecule has 0 amide bonds. The van der Waals surface area contributed by atoms with Crippen LogP contribution in [0.3, 0.4) is 0 Å². The first kappa shape index (κ1) is 13.6. The van der Waals surface area contributed by atoms with E-state index in [1.165, 1.54) is 0 Å². The van der Waals surface area contributed by atoms with Gasteiger partial charge in [-0.05, 0) is 42.8 Å². The number of nitrogens with zero attached hydrogens (tertiary/aromatic N) is 3. The van der Waals surface area contributed by atoms with Crippen molar-refractivity contribution in [3.63, 3.8) is 0 Å². The lowest BCUT2D eigenvalue weighted by Crippen LogP contribution is -1.99. The van der Waals surface area contributed by atoms with Crippen LogP contribution in [0.5, 0.6) is 5.75 Å². The molecule has 1 N–H and O–H groups in total. The molecule has 2 aromatic heterocycles. The zero-order chi connectivity index (χ0) is 14.7. The van der Waals surface area contributed by atoms with Gasteiger partial charge >= 0.3 is 0 Å². The molecular weight excluding hydrogens is 288 g/mol. The van der Waals surface area contributed by atoms with Crippen molar-refractivity contribution in [2.24, 2.45) is 0 Å². The number of aromatic nitrogens is 4. The number of rotatable bonds is 4. The molecule has 0 bridgehead atoms. The highest BCUT2D eigenvalue weighted by molar-refractivity contribution is 6.30. The highest BCUT2D eigenvalue weighted by Crippen LogP contribution is 2.22. The summed E-state index contributed by atoms with van der Waals surface area (Å²) in [6.45, 7) is 2.26. The lowest BCUT2D eigenvalue weighted by Gasteiger charge is -2.07. The van der Waals surface area contributed by atoms with Crippen molar-refractivity contribution >= 4 is 11.6 Å². The van der Waals surface area contributed by atoms with Gasteiger partial charge in [0.15, 0.2) is 11.6 Å². The molecule has 0 unspecified atom stereocenters. The standard InChI is InChI=1S/C15H13ClN4O/c1-10-7-12(16)4-5-13(10)21-9-14-18-15(20-19-14)11-3-2-6-17-8-11/h2-8H,9H2,1H3,(H,18,19,20). The molecule has 3 rings (SSSR count). The van der Waals surface area contributed by atoms with Crippen molar-refractivity contribution in [2.75, 3.05) is 0 Å². The van der Waals surface area contributed by atoms with Crippen LogP contribution in [-0.4, -0.2) is 20.2 Å². The van der Waals surface area contributed by atoms with Crippen molar-refractivity contribution in [1.82, 2.24) is 20.2 Å². The summed E-state index contributed by atoms with van der Waals surface area (Å²) >= 11 is 5.92. The molecule has 1 aromatic carbocycles. The second-order valence-corrected chi connectivity index (χ2v) is 4.98. The zero-order valence-electron chi connectivity index (χ0n) is 11.4. The second kappa shape index (κ2) is 5.93. The summed E-state index contributed by atoms with van der Waals surface area (Å²) in [6.07, 6.45) is 3.43. The molecule has 0 atom stereocenters. The van der Waals surface area contributed by atoms with E-state index in [1.54, 1.807) is 18.5 Å². The SMILES string of the molecule is Cc1cc(Cl)ccc1OCc1nc(-c2cccnc2)n[nH]1. The van der Waals surface area contributed by atoms with Crippen molar-refractivity contribution in [3.05, 3.63) is 59.1 Å². The molecule has 21 heavy (non-hydrogen) atoms. The molecule has 0 spiro atoms. The Balaban J connectivity index is 1.70. The van der Waals surface area contributed by atoms with Crippen LogP contribution in [-0.2, 0) is 6.61 Å². The minimum absolute atomic E-state index is 0.315. The molecule has 3 aromatic rings. The van der Waals surface area contributed by atoms with E-state index in [4.69, 9.17) is 16.3 Å². The van der Waals surface area contributed by atoms with Crippen LogP contribution >= 0.6 is 11.6 Å². The van der Waals surface area contributed by atoms with Crippen molar-refractivity contribution in [3.8, 4) is 17.1 Å². The third-order valence-corrected chi connectivity index (χ3v) is 3.19. The average Bonchev–Trinajstić information content (AvgIpc) is 2.96. The Morgan fingerprint density at radius 2 is 2.19 bits per heavy atom. The molecule has 6 heteroatoms. The lowest BCUT2D eigenvalue weighted by atomic mass is 10.2. The summed E-state index contributed by atoms with van der Waals surface area (Å²) < 4.78 is 5.72. The number of H-pyrrole nitrogens is 1. The second-order valence-electron chi connectivity index (χ2n) is 4.55. The summed E-state index contributed by atoms with van der Waals surface area (Å²) in [6, 6.07) is 9.25. The van der Waals surface area contributed by atoms with Crippen LogP contribution in [0.1, 0.15) is 11.4 Å². The number of hydrogen-bond acceptors (Lipinski definition) is 4. The van der Waals surface area contributed by atoms with Gasteiger partial charge < -0.3 is 4.74 Å². The number of ether oxygens (including phenoxy) is 1. The van der Waals surface area contributed by atoms with Crippen LogP contribution in [0.15, 0.2) is 42.7 Å². The fourth-order valence-corrected chi connectivity index (χ4v) is 2.13. The van der Waals surface area contributed by atoms with Gasteiger partial charge in [0.05, 0.1) is 0 Å². The van der Waals surface area contributed by atoms with Crippen LogP contribution in [0, 0.1) is 6.92 Å². The minimum atomic E-state index is 0.315. The Morgan fingerprint density at radius 3 is 2.95 bits per heavy atom. The minimum Gasteiger partial charge on any atom is -0.485 e. The molecular formula is C15H13ClN4O. The van der Waals surface area contributed by atoms with Crippen LogP contribution < -0.4 is 4.74 Å². The largest absolute Gasteiger partial charge is 0.485 e. The Bertz CT molecular complexity index is 742. The molecule has 0 aliphatic carbocycles. The normalized spacial score (nSPS) is 10.6. The maximum Gasteiger partial charge on any atom is 0.182 e. The van der Waals surface area contributed by atoms with Gasteiger partial charge in [0.25, 0.3) is 0 Å². The monoisotopic (exact) mass is 300 g/mol. The maximum atomic E-state index is 5.92. The van der Waals surface area contributed by atoms with Crippen LogP contribution in [0.25, 0.3) is 11.4 Å². The van der Waals surface area contributed by atoms with Gasteiger partial charge in [0.1, 0.15) is 12.4 Å². The number of aromatic amines is 1. The molecule has 0 fully saturated rings. The van der Waals surface area contributed by atoms with Gasteiger partial charge in [-0.1, -0.05) is 11.6 Å². The lowest BCUT2D eigenvalue weighted by molar-refractivity contribution is 0.294. The summed E-state index contributed by atoms with van der Waals surface area (Å²) in [5.41, 5.74) is 1.84. The maximum absolute atomic E-state index is 5.92. The molecule has 0 saturated heterocycles. The highest BCUT2D eigenvalue weighted by atomic mass is 35.5. The number of halogens is 1. The van der Waals surface area contributed by atoms with Crippen LogP contribution in [0.4, 0.5) is 0 Å². The van der Waals surface area contributed by atoms with E-state index < -0.39 is 0 Å². The third-order valence-electron chi connectivity index (χ3n) is 2.95. The topological polar surface area (TPSA) is 63.7 Å². The third kappa shape index (κ3) is 3.20. The summed E-state index contributed by atoms with van der Waals surface area (Å²) in [7, 11) is 0. The molecule has 2 heterocycles. The number of benzene rings is 1. The average molecular weight is 301 g/mol. The van der Waals surface area contributed by atoms with Gasteiger partial charge in [-0.15, -0.1) is 0 Å². The van der Waals surface area contributed by atoms with Crippen molar-refractivity contribution < 1.29 is 4.74 Å². The highest BCUT2D eigenvalue weighted by Gasteiger charge is 2.07. The predicted molar refractivity (Wildman–Crippen MR) is 80.1 cm³/mol. The van der Waals surface area contributed by atoms with E-state index >= 15 is 0 Å². The fourth-order valence-electron chi connectivity index (χ4n) is 1.90. The first-order valence-electron chi connectivity index (χ1n) is 6.43.